The van der Waals surface area contributed by atoms with Crippen LogP contribution in [0.2, 0.25) is 5.02 Å². The van der Waals surface area contributed by atoms with Gasteiger partial charge in [0, 0.05) is 44.8 Å². The molecule has 3 atom stereocenters. The van der Waals surface area contributed by atoms with Gasteiger partial charge in [0.1, 0.15) is 29.6 Å². The molecular formula is C26H33ClN6O4. The fourth-order valence-electron chi connectivity index (χ4n) is 5.28. The molecule has 2 unspecified atom stereocenters. The molecule has 37 heavy (non-hydrogen) atoms. The highest BCUT2D eigenvalue weighted by Gasteiger charge is 2.55. The van der Waals surface area contributed by atoms with Crippen LogP contribution in [0.25, 0.3) is 0 Å². The highest BCUT2D eigenvalue weighted by atomic mass is 35.5. The van der Waals surface area contributed by atoms with E-state index in [2.05, 4.69) is 11.4 Å². The summed E-state index contributed by atoms with van der Waals surface area (Å²) in [5.74, 6) is 0.222. The van der Waals surface area contributed by atoms with Crippen molar-refractivity contribution >= 4 is 29.6 Å². The molecule has 1 aromatic carbocycles. The van der Waals surface area contributed by atoms with E-state index in [1.54, 1.807) is 13.1 Å². The van der Waals surface area contributed by atoms with Crippen molar-refractivity contribution in [3.63, 3.8) is 0 Å². The number of nitriles is 1. The van der Waals surface area contributed by atoms with Gasteiger partial charge in [0.05, 0.1) is 5.57 Å². The molecular weight excluding hydrogens is 496 g/mol. The van der Waals surface area contributed by atoms with Gasteiger partial charge in [-0.3, -0.25) is 9.69 Å². The maximum absolute atomic E-state index is 13.5. The maximum Gasteiger partial charge on any atom is 0.407 e. The second-order valence-corrected chi connectivity index (χ2v) is 11.1. The molecule has 1 N–H and O–H groups in total. The molecule has 2 fully saturated rings. The lowest BCUT2D eigenvalue weighted by molar-refractivity contribution is -0.136. The molecule has 2 saturated heterocycles. The second kappa shape index (κ2) is 10.1. The maximum atomic E-state index is 13.5. The Balaban J connectivity index is 1.71. The lowest BCUT2D eigenvalue weighted by Gasteiger charge is -2.43. The molecule has 3 aliphatic rings. The van der Waals surface area contributed by atoms with Gasteiger partial charge >= 0.3 is 12.1 Å². The van der Waals surface area contributed by atoms with Crippen molar-refractivity contribution in [2.24, 2.45) is 0 Å². The summed E-state index contributed by atoms with van der Waals surface area (Å²) in [6.45, 7) is 6.77. The third kappa shape index (κ3) is 5.18. The molecule has 4 amide bonds. The van der Waals surface area contributed by atoms with Gasteiger partial charge in [-0.1, -0.05) is 29.8 Å². The first-order valence-electron chi connectivity index (χ1n) is 12.4. The van der Waals surface area contributed by atoms with Crippen LogP contribution in [0.1, 0.15) is 39.2 Å². The third-order valence-corrected chi connectivity index (χ3v) is 7.26. The van der Waals surface area contributed by atoms with Crippen molar-refractivity contribution in [2.45, 2.75) is 63.9 Å². The van der Waals surface area contributed by atoms with E-state index < -0.39 is 29.8 Å². The van der Waals surface area contributed by atoms with E-state index in [0.29, 0.717) is 29.5 Å². The highest BCUT2D eigenvalue weighted by Crippen LogP contribution is 2.40. The van der Waals surface area contributed by atoms with Crippen molar-refractivity contribution in [1.82, 2.24) is 24.9 Å². The number of amides is 4. The third-order valence-electron chi connectivity index (χ3n) is 6.89. The van der Waals surface area contributed by atoms with E-state index in [-0.39, 0.29) is 18.5 Å². The molecule has 10 nitrogen and oxygen atoms in total. The molecule has 0 radical (unpaired) electrons. The average molecular weight is 529 g/mol. The van der Waals surface area contributed by atoms with Gasteiger partial charge in [-0.2, -0.15) is 5.26 Å². The van der Waals surface area contributed by atoms with Crippen LogP contribution in [0.4, 0.5) is 9.59 Å². The zero-order valence-electron chi connectivity index (χ0n) is 21.8. The van der Waals surface area contributed by atoms with E-state index in [9.17, 15) is 19.6 Å². The van der Waals surface area contributed by atoms with Gasteiger partial charge in [-0.05, 0) is 45.2 Å². The topological polar surface area (TPSA) is 109 Å². The number of carbonyl (C=O) groups excluding carboxylic acids is 3. The van der Waals surface area contributed by atoms with E-state index >= 15 is 0 Å². The van der Waals surface area contributed by atoms with Gasteiger partial charge in [-0.15, -0.1) is 0 Å². The molecule has 198 valence electrons. The summed E-state index contributed by atoms with van der Waals surface area (Å²) in [7, 11) is 3.07. The number of alkyl carbamates (subject to hydrolysis) is 1. The van der Waals surface area contributed by atoms with Gasteiger partial charge in [0.15, 0.2) is 0 Å². The molecule has 0 aromatic heterocycles. The zero-order chi connectivity index (χ0) is 27.1. The largest absolute Gasteiger partial charge is 0.444 e. The number of likely N-dealkylation sites (N-methyl/N-ethyl adjacent to an activating group) is 2. The minimum atomic E-state index is -0.771. The number of fused-ring (bicyclic) bond motifs is 1. The van der Waals surface area contributed by atoms with E-state index in [1.807, 2.05) is 48.8 Å². The fourth-order valence-corrected chi connectivity index (χ4v) is 5.48. The number of likely N-dealkylation sites (tertiary alicyclic amines) is 1. The van der Waals surface area contributed by atoms with E-state index in [1.165, 1.54) is 11.9 Å². The summed E-state index contributed by atoms with van der Waals surface area (Å²) in [5, 5.41) is 13.8. The molecule has 4 rings (SSSR count). The molecule has 1 aromatic rings. The summed E-state index contributed by atoms with van der Waals surface area (Å²) in [4.78, 5) is 45.2. The Labute approximate surface area is 222 Å². The van der Waals surface area contributed by atoms with E-state index in [4.69, 9.17) is 16.3 Å². The standard InChI is InChI=1S/C26H33ClN6O4/c1-26(2,3)37-24(35)29-17-10-8-12-32(15-17)22-18(13-28)20-21(23(34)31(5)25(36)30(20)4)33(22)14-16-9-6-7-11-19(16)27/h6-7,9,11,17,20-21H,8,10,12,14-15H2,1-5H3,(H,29,35)/t17-,20?,21?/m1/s1. The number of imide groups is 1. The van der Waals surface area contributed by atoms with Crippen LogP contribution < -0.4 is 5.32 Å². The van der Waals surface area contributed by atoms with Crippen LogP contribution >= 0.6 is 11.6 Å². The summed E-state index contributed by atoms with van der Waals surface area (Å²) in [6, 6.07) is 7.51. The van der Waals surface area contributed by atoms with Crippen LogP contribution in [0.3, 0.4) is 0 Å². The second-order valence-electron chi connectivity index (χ2n) is 10.7. The minimum absolute atomic E-state index is 0.210. The fraction of sp³-hybridized carbons (Fsp3) is 0.538. The molecule has 0 spiro atoms. The Bertz CT molecular complexity index is 1170. The van der Waals surface area contributed by atoms with Crippen LogP contribution in [0.5, 0.6) is 0 Å². The molecule has 3 heterocycles. The van der Waals surface area contributed by atoms with Crippen molar-refractivity contribution in [1.29, 1.82) is 5.26 Å². The van der Waals surface area contributed by atoms with Crippen LogP contribution in [0, 0.1) is 11.3 Å². The number of halogens is 1. The summed E-state index contributed by atoms with van der Waals surface area (Å²) >= 11 is 6.49. The van der Waals surface area contributed by atoms with Crippen molar-refractivity contribution in [3.8, 4) is 6.07 Å². The SMILES string of the molecule is CN1C(=O)C2C(C(C#N)=C(N3CCC[C@@H](NC(=O)OC(C)(C)C)C3)N2Cc2ccccc2Cl)N(C)C1=O. The summed E-state index contributed by atoms with van der Waals surface area (Å²) in [5.41, 5.74) is 0.535. The number of nitrogens with zero attached hydrogens (tertiary/aromatic N) is 5. The number of rotatable bonds is 4. The molecule has 3 aliphatic heterocycles. The van der Waals surface area contributed by atoms with Crippen molar-refractivity contribution < 1.29 is 19.1 Å². The minimum Gasteiger partial charge on any atom is -0.444 e. The van der Waals surface area contributed by atoms with Gasteiger partial charge in [0.2, 0.25) is 0 Å². The first-order chi connectivity index (χ1) is 17.4. The van der Waals surface area contributed by atoms with Crippen LogP contribution in [-0.4, -0.2) is 88.5 Å². The molecule has 0 bridgehead atoms. The predicted molar refractivity (Wildman–Crippen MR) is 137 cm³/mol. The lowest BCUT2D eigenvalue weighted by Crippen LogP contribution is -2.64. The summed E-state index contributed by atoms with van der Waals surface area (Å²) < 4.78 is 5.43. The molecule has 11 heteroatoms. The first-order valence-corrected chi connectivity index (χ1v) is 12.7. The average Bonchev–Trinajstić information content (AvgIpc) is 3.15. The Morgan fingerprint density at radius 1 is 1.22 bits per heavy atom. The van der Waals surface area contributed by atoms with Crippen molar-refractivity contribution in [3.05, 3.63) is 46.2 Å². The van der Waals surface area contributed by atoms with Crippen LogP contribution in [-0.2, 0) is 16.1 Å². The van der Waals surface area contributed by atoms with Crippen molar-refractivity contribution in [2.75, 3.05) is 27.2 Å². The number of ether oxygens (including phenoxy) is 1. The molecule has 0 aliphatic carbocycles. The first kappa shape index (κ1) is 26.6. The van der Waals surface area contributed by atoms with Gasteiger partial charge in [-0.25, -0.2) is 9.59 Å². The number of piperidine rings is 1. The highest BCUT2D eigenvalue weighted by molar-refractivity contribution is 6.31. The molecule has 0 saturated carbocycles. The zero-order valence-corrected chi connectivity index (χ0v) is 22.6. The summed E-state index contributed by atoms with van der Waals surface area (Å²) in [6.07, 6.45) is 1.02. The lowest BCUT2D eigenvalue weighted by atomic mass is 9.98. The number of hydrogen-bond acceptors (Lipinski definition) is 7. The number of benzene rings is 1. The van der Waals surface area contributed by atoms with Crippen LogP contribution in [0.15, 0.2) is 35.7 Å². The smallest absolute Gasteiger partial charge is 0.407 e. The monoisotopic (exact) mass is 528 g/mol. The Morgan fingerprint density at radius 2 is 1.92 bits per heavy atom. The number of carbonyl (C=O) groups is 3. The quantitative estimate of drug-likeness (QED) is 0.639. The number of nitrogens with one attached hydrogen (secondary N) is 1. The van der Waals surface area contributed by atoms with Gasteiger partial charge < -0.3 is 24.8 Å². The Hall–Kier alpha value is -3.45. The Morgan fingerprint density at radius 3 is 2.57 bits per heavy atom. The number of hydrogen-bond donors (Lipinski definition) is 1. The Kier molecular flexibility index (Phi) is 7.29. The number of urea groups is 1. The van der Waals surface area contributed by atoms with Gasteiger partial charge in [0.25, 0.3) is 5.91 Å². The normalized spacial score (nSPS) is 24.3. The van der Waals surface area contributed by atoms with E-state index in [0.717, 1.165) is 23.3 Å². The predicted octanol–water partition coefficient (Wildman–Crippen LogP) is 3.14.